The highest BCUT2D eigenvalue weighted by atomic mass is 16.5. The predicted molar refractivity (Wildman–Crippen MR) is 68.1 cm³/mol. The van der Waals surface area contributed by atoms with Crippen LogP contribution in [0.2, 0.25) is 0 Å². The molecule has 1 amide bonds. The van der Waals surface area contributed by atoms with Gasteiger partial charge in [0, 0.05) is 0 Å². The molecule has 1 aromatic rings. The van der Waals surface area contributed by atoms with E-state index in [1.807, 2.05) is 24.3 Å². The number of aliphatic carboxylic acids is 1. The number of carbonyl (C=O) groups is 2. The Balaban J connectivity index is 1.84. The Labute approximate surface area is 110 Å². The second-order valence-electron chi connectivity index (χ2n) is 4.93. The molecule has 1 N–H and O–H groups in total. The quantitative estimate of drug-likeness (QED) is 0.876. The zero-order valence-electron chi connectivity index (χ0n) is 10.4. The van der Waals surface area contributed by atoms with Crippen molar-refractivity contribution in [1.29, 1.82) is 0 Å². The molecule has 0 radical (unpaired) electrons. The Kier molecular flexibility index (Phi) is 2.89. The molecule has 3 rings (SSSR count). The first-order valence-corrected chi connectivity index (χ1v) is 6.44. The van der Waals surface area contributed by atoms with Gasteiger partial charge in [-0.05, 0) is 25.0 Å². The van der Waals surface area contributed by atoms with E-state index in [9.17, 15) is 9.59 Å². The van der Waals surface area contributed by atoms with Crippen LogP contribution in [0, 0.1) is 11.8 Å². The lowest BCUT2D eigenvalue weighted by Gasteiger charge is -2.38. The van der Waals surface area contributed by atoms with E-state index in [0.29, 0.717) is 31.7 Å². The fourth-order valence-corrected chi connectivity index (χ4v) is 2.69. The van der Waals surface area contributed by atoms with Gasteiger partial charge in [0.05, 0.1) is 24.1 Å². The third-order valence-electron chi connectivity index (χ3n) is 3.90. The van der Waals surface area contributed by atoms with Crippen LogP contribution >= 0.6 is 0 Å². The maximum atomic E-state index is 12.5. The van der Waals surface area contributed by atoms with Gasteiger partial charge in [0.25, 0.3) is 0 Å². The minimum absolute atomic E-state index is 0.0885. The number of hydrogen-bond donors (Lipinski definition) is 1. The summed E-state index contributed by atoms with van der Waals surface area (Å²) < 4.78 is 5.50. The van der Waals surface area contributed by atoms with Crippen molar-refractivity contribution in [3.05, 3.63) is 24.3 Å². The lowest BCUT2D eigenvalue weighted by Crippen LogP contribution is -2.48. The van der Waals surface area contributed by atoms with Crippen molar-refractivity contribution < 1.29 is 19.4 Å². The van der Waals surface area contributed by atoms with Crippen molar-refractivity contribution in [2.24, 2.45) is 11.8 Å². The summed E-state index contributed by atoms with van der Waals surface area (Å²) in [6.07, 6.45) is 1.26. The Morgan fingerprint density at radius 3 is 2.63 bits per heavy atom. The Morgan fingerprint density at radius 2 is 1.95 bits per heavy atom. The Morgan fingerprint density at radius 1 is 1.21 bits per heavy atom. The van der Waals surface area contributed by atoms with Gasteiger partial charge in [-0.25, -0.2) is 0 Å². The first-order chi connectivity index (χ1) is 9.18. The Hall–Kier alpha value is -2.04. The molecule has 0 aromatic heterocycles. The minimum Gasteiger partial charge on any atom is -0.490 e. The zero-order valence-corrected chi connectivity index (χ0v) is 10.4. The molecule has 1 heterocycles. The van der Waals surface area contributed by atoms with Crippen molar-refractivity contribution in [1.82, 2.24) is 0 Å². The van der Waals surface area contributed by atoms with Gasteiger partial charge in [-0.3, -0.25) is 9.59 Å². The van der Waals surface area contributed by atoms with Gasteiger partial charge < -0.3 is 14.7 Å². The molecule has 2 aliphatic rings. The molecule has 0 spiro atoms. The van der Waals surface area contributed by atoms with Crippen LogP contribution in [0.5, 0.6) is 5.75 Å². The van der Waals surface area contributed by atoms with Gasteiger partial charge in [-0.15, -0.1) is 0 Å². The summed E-state index contributed by atoms with van der Waals surface area (Å²) in [6, 6.07) is 7.37. The summed E-state index contributed by atoms with van der Waals surface area (Å²) >= 11 is 0. The number of benzene rings is 1. The number of carbonyl (C=O) groups excluding carboxylic acids is 1. The average Bonchev–Trinajstić information content (AvgIpc) is 2.36. The number of hydrogen-bond acceptors (Lipinski definition) is 3. The van der Waals surface area contributed by atoms with Gasteiger partial charge >= 0.3 is 5.97 Å². The number of para-hydroxylation sites is 2. The van der Waals surface area contributed by atoms with Gasteiger partial charge in [0.15, 0.2) is 0 Å². The summed E-state index contributed by atoms with van der Waals surface area (Å²) in [5, 5.41) is 9.05. The van der Waals surface area contributed by atoms with Crippen LogP contribution in [0.15, 0.2) is 24.3 Å². The number of ether oxygens (including phenoxy) is 1. The summed E-state index contributed by atoms with van der Waals surface area (Å²) in [6.45, 7) is 0.936. The molecule has 1 aliphatic carbocycles. The van der Waals surface area contributed by atoms with E-state index in [1.165, 1.54) is 0 Å². The highest BCUT2D eigenvalue weighted by Gasteiger charge is 2.44. The third-order valence-corrected chi connectivity index (χ3v) is 3.90. The van der Waals surface area contributed by atoms with Gasteiger partial charge in [0.2, 0.25) is 5.91 Å². The number of carboxylic acid groups (broad SMARTS) is 1. The van der Waals surface area contributed by atoms with Gasteiger partial charge in [0.1, 0.15) is 12.4 Å². The van der Waals surface area contributed by atoms with E-state index in [1.54, 1.807) is 4.90 Å². The second kappa shape index (κ2) is 4.57. The minimum atomic E-state index is -0.869. The van der Waals surface area contributed by atoms with Crippen molar-refractivity contribution in [2.75, 3.05) is 18.1 Å². The van der Waals surface area contributed by atoms with E-state index in [-0.39, 0.29) is 11.8 Å². The van der Waals surface area contributed by atoms with Gasteiger partial charge in [-0.2, -0.15) is 0 Å². The van der Waals surface area contributed by atoms with Crippen LogP contribution in [-0.2, 0) is 9.59 Å². The smallest absolute Gasteiger partial charge is 0.307 e. The number of amides is 1. The molecule has 0 bridgehead atoms. The van der Waals surface area contributed by atoms with Crippen LogP contribution in [0.4, 0.5) is 5.69 Å². The molecule has 5 nitrogen and oxygen atoms in total. The molecule has 2 unspecified atom stereocenters. The number of fused-ring (bicyclic) bond motifs is 1. The zero-order chi connectivity index (χ0) is 13.4. The van der Waals surface area contributed by atoms with Crippen LogP contribution in [0.1, 0.15) is 12.8 Å². The number of rotatable bonds is 2. The van der Waals surface area contributed by atoms with E-state index >= 15 is 0 Å². The van der Waals surface area contributed by atoms with Crippen molar-refractivity contribution in [3.63, 3.8) is 0 Å². The fraction of sp³-hybridized carbons (Fsp3) is 0.429. The monoisotopic (exact) mass is 261 g/mol. The summed E-state index contributed by atoms with van der Waals surface area (Å²) in [7, 11) is 0. The van der Waals surface area contributed by atoms with Crippen LogP contribution in [0.3, 0.4) is 0 Å². The highest BCUT2D eigenvalue weighted by Crippen LogP contribution is 2.39. The molecule has 1 fully saturated rings. The van der Waals surface area contributed by atoms with Crippen LogP contribution in [0.25, 0.3) is 0 Å². The molecule has 100 valence electrons. The maximum absolute atomic E-state index is 12.5. The SMILES string of the molecule is O=C(O)C1CCC1C(=O)N1CCOc2ccccc21. The number of carboxylic acids is 1. The maximum Gasteiger partial charge on any atom is 0.307 e. The molecule has 1 aromatic carbocycles. The highest BCUT2D eigenvalue weighted by molar-refractivity contribution is 5.99. The summed E-state index contributed by atoms with van der Waals surface area (Å²) in [5.74, 6) is -1.18. The summed E-state index contributed by atoms with van der Waals surface area (Å²) in [4.78, 5) is 25.2. The molecule has 19 heavy (non-hydrogen) atoms. The molecule has 0 saturated heterocycles. The average molecular weight is 261 g/mol. The van der Waals surface area contributed by atoms with Crippen LogP contribution in [-0.4, -0.2) is 30.1 Å². The third kappa shape index (κ3) is 1.95. The molecule has 1 saturated carbocycles. The predicted octanol–water partition coefficient (Wildman–Crippen LogP) is 1.52. The number of nitrogens with zero attached hydrogens (tertiary/aromatic N) is 1. The molecule has 1 aliphatic heterocycles. The molecule has 5 heteroatoms. The first kappa shape index (κ1) is 12.0. The van der Waals surface area contributed by atoms with E-state index in [0.717, 1.165) is 5.69 Å². The van der Waals surface area contributed by atoms with E-state index < -0.39 is 11.9 Å². The van der Waals surface area contributed by atoms with Crippen molar-refractivity contribution in [2.45, 2.75) is 12.8 Å². The normalized spacial score (nSPS) is 24.9. The van der Waals surface area contributed by atoms with Crippen molar-refractivity contribution >= 4 is 17.6 Å². The van der Waals surface area contributed by atoms with E-state index in [2.05, 4.69) is 0 Å². The van der Waals surface area contributed by atoms with Gasteiger partial charge in [-0.1, -0.05) is 12.1 Å². The van der Waals surface area contributed by atoms with Crippen LogP contribution < -0.4 is 9.64 Å². The lowest BCUT2D eigenvalue weighted by molar-refractivity contribution is -0.152. The largest absolute Gasteiger partial charge is 0.490 e. The van der Waals surface area contributed by atoms with Crippen molar-refractivity contribution in [3.8, 4) is 5.75 Å². The lowest BCUT2D eigenvalue weighted by atomic mass is 9.73. The number of anilines is 1. The van der Waals surface area contributed by atoms with E-state index in [4.69, 9.17) is 9.84 Å². The first-order valence-electron chi connectivity index (χ1n) is 6.44. The molecular weight excluding hydrogens is 246 g/mol. The fourth-order valence-electron chi connectivity index (χ4n) is 2.69. The second-order valence-corrected chi connectivity index (χ2v) is 4.93. The summed E-state index contributed by atoms with van der Waals surface area (Å²) in [5.41, 5.74) is 0.745. The Bertz CT molecular complexity index is 528. The molecular formula is C14H15NO4. The standard InChI is InChI=1S/C14H15NO4/c16-13(9-5-6-10(9)14(17)18)15-7-8-19-12-4-2-1-3-11(12)15/h1-4,9-10H,5-8H2,(H,17,18). The molecule has 2 atom stereocenters. The topological polar surface area (TPSA) is 66.8 Å².